The number of ketones is 1. The molecule has 26 heavy (non-hydrogen) atoms. The van der Waals surface area contributed by atoms with Crippen LogP contribution in [0.1, 0.15) is 22.5 Å². The Morgan fingerprint density at radius 1 is 1.15 bits per heavy atom. The Morgan fingerprint density at radius 2 is 1.85 bits per heavy atom. The van der Waals surface area contributed by atoms with Crippen LogP contribution in [0.15, 0.2) is 59.3 Å². The van der Waals surface area contributed by atoms with Crippen molar-refractivity contribution in [1.82, 2.24) is 9.88 Å². The van der Waals surface area contributed by atoms with Crippen molar-refractivity contribution < 1.29 is 13.2 Å². The molecule has 136 valence electrons. The zero-order valence-corrected chi connectivity index (χ0v) is 15.8. The molecule has 0 aliphatic carbocycles. The Morgan fingerprint density at radius 3 is 2.50 bits per heavy atom. The van der Waals surface area contributed by atoms with Gasteiger partial charge in [0.15, 0.2) is 0 Å². The second kappa shape index (κ2) is 6.92. The molecule has 1 aliphatic heterocycles. The van der Waals surface area contributed by atoms with E-state index in [2.05, 4.69) is 4.98 Å². The van der Waals surface area contributed by atoms with E-state index in [0.717, 1.165) is 5.56 Å². The lowest BCUT2D eigenvalue weighted by Gasteiger charge is -2.23. The lowest BCUT2D eigenvalue weighted by Crippen LogP contribution is -2.32. The van der Waals surface area contributed by atoms with Crippen LogP contribution >= 0.6 is 0 Å². The van der Waals surface area contributed by atoms with Crippen LogP contribution in [0.5, 0.6) is 0 Å². The lowest BCUT2D eigenvalue weighted by molar-refractivity contribution is 0.102. The van der Waals surface area contributed by atoms with Crippen LogP contribution in [-0.2, 0) is 10.0 Å². The van der Waals surface area contributed by atoms with Gasteiger partial charge in [0, 0.05) is 38.6 Å². The van der Waals surface area contributed by atoms with E-state index >= 15 is 0 Å². The Bertz CT molecular complexity index is 964. The van der Waals surface area contributed by atoms with Crippen molar-refractivity contribution in [3.63, 3.8) is 0 Å². The fraction of sp³-hybridized carbons (Fsp3) is 0.263. The minimum absolute atomic E-state index is 0.161. The van der Waals surface area contributed by atoms with Gasteiger partial charge < -0.3 is 4.90 Å². The summed E-state index contributed by atoms with van der Waals surface area (Å²) in [7, 11) is -0.141. The third-order valence-electron chi connectivity index (χ3n) is 4.17. The van der Waals surface area contributed by atoms with Gasteiger partial charge in [0.1, 0.15) is 5.69 Å². The summed E-state index contributed by atoms with van der Waals surface area (Å²) in [4.78, 5) is 19.0. The molecule has 0 saturated carbocycles. The van der Waals surface area contributed by atoms with Gasteiger partial charge in [-0.3, -0.25) is 14.1 Å². The van der Waals surface area contributed by atoms with Gasteiger partial charge in [-0.1, -0.05) is 17.7 Å². The molecule has 0 radical (unpaired) electrons. The highest BCUT2D eigenvalue weighted by molar-refractivity contribution is 7.92. The smallest absolute Gasteiger partial charge is 0.264 e. The molecule has 2 aromatic rings. The van der Waals surface area contributed by atoms with Gasteiger partial charge in [-0.15, -0.1) is 0 Å². The van der Waals surface area contributed by atoms with Crippen molar-refractivity contribution in [2.45, 2.75) is 18.2 Å². The third kappa shape index (κ3) is 3.35. The first-order valence-electron chi connectivity index (χ1n) is 8.27. The molecule has 1 aromatic heterocycles. The summed E-state index contributed by atoms with van der Waals surface area (Å²) in [5.74, 6) is -0.240. The third-order valence-corrected chi connectivity index (χ3v) is 6.00. The standard InChI is InChI=1S/C19H21N3O3S/c1-14-6-8-16(9-7-14)26(24,25)22-12-10-15(13-21(2)3)19(23)18-17(22)5-4-11-20-18/h4-9,11,13H,10,12H2,1-3H3/b15-13-. The molecule has 0 atom stereocenters. The Labute approximate surface area is 153 Å². The van der Waals surface area contributed by atoms with Crippen molar-refractivity contribution >= 4 is 21.5 Å². The second-order valence-corrected chi connectivity index (χ2v) is 8.32. The number of aryl methyl sites for hydroxylation is 1. The Balaban J connectivity index is 2.13. The van der Waals surface area contributed by atoms with E-state index < -0.39 is 10.0 Å². The van der Waals surface area contributed by atoms with E-state index in [1.807, 2.05) is 21.0 Å². The topological polar surface area (TPSA) is 70.6 Å². The first-order chi connectivity index (χ1) is 12.3. The monoisotopic (exact) mass is 371 g/mol. The van der Waals surface area contributed by atoms with Crippen molar-refractivity contribution in [3.8, 4) is 0 Å². The molecule has 2 heterocycles. The summed E-state index contributed by atoms with van der Waals surface area (Å²) < 4.78 is 27.7. The van der Waals surface area contributed by atoms with Gasteiger partial charge in [0.25, 0.3) is 10.0 Å². The number of anilines is 1. The molecule has 0 amide bonds. The highest BCUT2D eigenvalue weighted by Crippen LogP contribution is 2.31. The van der Waals surface area contributed by atoms with E-state index in [1.165, 1.54) is 10.5 Å². The maximum Gasteiger partial charge on any atom is 0.264 e. The number of carbonyl (C=O) groups excluding carboxylic acids is 1. The molecule has 0 spiro atoms. The largest absolute Gasteiger partial charge is 0.383 e. The molecule has 6 nitrogen and oxygen atoms in total. The zero-order chi connectivity index (χ0) is 18.9. The number of Topliss-reactive ketones (excluding diaryl/α,β-unsaturated/α-hetero) is 1. The molecule has 3 rings (SSSR count). The lowest BCUT2D eigenvalue weighted by atomic mass is 10.1. The summed E-state index contributed by atoms with van der Waals surface area (Å²) in [5.41, 5.74) is 2.00. The van der Waals surface area contributed by atoms with Gasteiger partial charge in [-0.25, -0.2) is 8.42 Å². The zero-order valence-electron chi connectivity index (χ0n) is 15.0. The van der Waals surface area contributed by atoms with Gasteiger partial charge in [0.05, 0.1) is 10.6 Å². The number of aromatic nitrogens is 1. The molecule has 1 aliphatic rings. The Kier molecular flexibility index (Phi) is 4.82. The maximum atomic E-state index is 13.2. The fourth-order valence-electron chi connectivity index (χ4n) is 2.90. The average molecular weight is 371 g/mol. The molecule has 0 unspecified atom stereocenters. The van der Waals surface area contributed by atoms with Crippen LogP contribution in [0.2, 0.25) is 0 Å². The van der Waals surface area contributed by atoms with Crippen LogP contribution < -0.4 is 4.31 Å². The number of benzene rings is 1. The van der Waals surface area contributed by atoms with Crippen LogP contribution in [0.25, 0.3) is 0 Å². The first-order valence-corrected chi connectivity index (χ1v) is 9.71. The van der Waals surface area contributed by atoms with Gasteiger partial charge >= 0.3 is 0 Å². The highest BCUT2D eigenvalue weighted by Gasteiger charge is 2.33. The molecular weight excluding hydrogens is 350 g/mol. The molecule has 0 N–H and O–H groups in total. The quantitative estimate of drug-likeness (QED) is 0.776. The molecule has 0 bridgehead atoms. The van der Waals surface area contributed by atoms with E-state index in [9.17, 15) is 13.2 Å². The van der Waals surface area contributed by atoms with Crippen LogP contribution in [0, 0.1) is 6.92 Å². The van der Waals surface area contributed by atoms with Crippen LogP contribution in [-0.4, -0.2) is 44.7 Å². The normalized spacial score (nSPS) is 16.3. The number of pyridine rings is 1. The number of hydrogen-bond donors (Lipinski definition) is 0. The Hall–Kier alpha value is -2.67. The predicted molar refractivity (Wildman–Crippen MR) is 101 cm³/mol. The number of carbonyl (C=O) groups is 1. The van der Waals surface area contributed by atoms with E-state index in [0.29, 0.717) is 17.7 Å². The molecular formula is C19H21N3O3S. The van der Waals surface area contributed by atoms with Crippen molar-refractivity contribution in [3.05, 3.63) is 65.6 Å². The summed E-state index contributed by atoms with van der Waals surface area (Å²) in [6.45, 7) is 2.08. The number of hydrogen-bond acceptors (Lipinski definition) is 5. The number of rotatable bonds is 3. The summed E-state index contributed by atoms with van der Waals surface area (Å²) in [6, 6.07) is 9.97. The average Bonchev–Trinajstić information content (AvgIpc) is 2.73. The molecule has 7 heteroatoms. The minimum Gasteiger partial charge on any atom is -0.383 e. The molecule has 1 aromatic carbocycles. The molecule has 0 saturated heterocycles. The number of nitrogens with zero attached hydrogens (tertiary/aromatic N) is 3. The minimum atomic E-state index is -3.79. The SMILES string of the molecule is Cc1ccc(S(=O)(=O)N2CC/C(=C/N(C)C)C(=O)c3ncccc32)cc1. The number of sulfonamides is 1. The molecule has 0 fully saturated rings. The van der Waals surface area contributed by atoms with Gasteiger partial charge in [-0.2, -0.15) is 0 Å². The predicted octanol–water partition coefficient (Wildman–Crippen LogP) is 2.62. The summed E-state index contributed by atoms with van der Waals surface area (Å²) >= 11 is 0. The van der Waals surface area contributed by atoms with Crippen molar-refractivity contribution in [1.29, 1.82) is 0 Å². The first kappa shape index (κ1) is 18.1. The second-order valence-electron chi connectivity index (χ2n) is 6.46. The van der Waals surface area contributed by atoms with E-state index in [4.69, 9.17) is 0 Å². The highest BCUT2D eigenvalue weighted by atomic mass is 32.2. The van der Waals surface area contributed by atoms with Crippen molar-refractivity contribution in [2.24, 2.45) is 0 Å². The maximum absolute atomic E-state index is 13.2. The van der Waals surface area contributed by atoms with E-state index in [-0.39, 0.29) is 22.9 Å². The fourth-order valence-corrected chi connectivity index (χ4v) is 4.38. The summed E-state index contributed by atoms with van der Waals surface area (Å²) in [6.07, 6.45) is 3.55. The van der Waals surface area contributed by atoms with Gasteiger partial charge in [0.2, 0.25) is 5.78 Å². The number of fused-ring (bicyclic) bond motifs is 1. The van der Waals surface area contributed by atoms with Crippen molar-refractivity contribution in [2.75, 3.05) is 24.9 Å². The van der Waals surface area contributed by atoms with Crippen LogP contribution in [0.4, 0.5) is 5.69 Å². The van der Waals surface area contributed by atoms with E-state index in [1.54, 1.807) is 47.5 Å². The summed E-state index contributed by atoms with van der Waals surface area (Å²) in [5, 5.41) is 0. The van der Waals surface area contributed by atoms with Crippen LogP contribution in [0.3, 0.4) is 0 Å². The van der Waals surface area contributed by atoms with Gasteiger partial charge in [-0.05, 0) is 37.6 Å².